The molecule has 0 atom stereocenters. The largest absolute Gasteiger partial charge is 0.370 e. The van der Waals surface area contributed by atoms with Gasteiger partial charge in [-0.2, -0.15) is 0 Å². The Morgan fingerprint density at radius 3 is 2.67 bits per heavy atom. The van der Waals surface area contributed by atoms with Gasteiger partial charge in [0.25, 0.3) is 0 Å². The van der Waals surface area contributed by atoms with Gasteiger partial charge in [0.05, 0.1) is 0 Å². The molecule has 1 aromatic rings. The molecule has 2 heterocycles. The highest BCUT2D eigenvalue weighted by molar-refractivity contribution is 7.13. The van der Waals surface area contributed by atoms with Crippen molar-refractivity contribution in [3.05, 3.63) is 11.6 Å². The number of thiazole rings is 1. The summed E-state index contributed by atoms with van der Waals surface area (Å²) in [4.78, 5) is 13.7. The van der Waals surface area contributed by atoms with Crippen LogP contribution in [0.5, 0.6) is 0 Å². The summed E-state index contributed by atoms with van der Waals surface area (Å²) >= 11 is 1.71. The van der Waals surface area contributed by atoms with Gasteiger partial charge in [0.1, 0.15) is 0 Å². The van der Waals surface area contributed by atoms with Gasteiger partial charge < -0.3 is 15.5 Å². The molecule has 1 aromatic heterocycles. The lowest BCUT2D eigenvalue weighted by Crippen LogP contribution is -2.51. The van der Waals surface area contributed by atoms with Crippen LogP contribution in [0, 0.1) is 11.3 Å². The van der Waals surface area contributed by atoms with E-state index in [1.807, 2.05) is 11.6 Å². The monoisotopic (exact) mass is 305 g/mol. The van der Waals surface area contributed by atoms with Crippen LogP contribution in [-0.2, 0) is 0 Å². The van der Waals surface area contributed by atoms with Gasteiger partial charge in [-0.1, -0.05) is 0 Å². The van der Waals surface area contributed by atoms with E-state index in [4.69, 9.17) is 10.7 Å². The van der Waals surface area contributed by atoms with Gasteiger partial charge in [0, 0.05) is 44.3 Å². The standard InChI is InChI=1S/C15H23N5S/c16-13(18-11-15(3-4-15)12-1-2-12)19-6-8-20(9-7-19)14-17-5-10-21-14/h5,10,12H,1-4,6-9,11H2,(H2,16,18). The van der Waals surface area contributed by atoms with Crippen molar-refractivity contribution in [3.8, 4) is 0 Å². The molecule has 0 unspecified atom stereocenters. The highest BCUT2D eigenvalue weighted by Gasteiger charge is 2.53. The second kappa shape index (κ2) is 5.16. The number of aromatic nitrogens is 1. The maximum absolute atomic E-state index is 6.21. The summed E-state index contributed by atoms with van der Waals surface area (Å²) in [5, 5.41) is 3.15. The van der Waals surface area contributed by atoms with Crippen LogP contribution in [0.4, 0.5) is 5.13 Å². The Balaban J connectivity index is 1.31. The molecule has 0 amide bonds. The Morgan fingerprint density at radius 1 is 1.33 bits per heavy atom. The molecule has 3 aliphatic rings. The highest BCUT2D eigenvalue weighted by Crippen LogP contribution is 2.61. The van der Waals surface area contributed by atoms with E-state index in [0.717, 1.165) is 49.7 Å². The topological polar surface area (TPSA) is 57.8 Å². The molecule has 3 fully saturated rings. The maximum Gasteiger partial charge on any atom is 0.191 e. The Bertz CT molecular complexity index is 510. The van der Waals surface area contributed by atoms with Gasteiger partial charge in [-0.25, -0.2) is 4.98 Å². The number of anilines is 1. The summed E-state index contributed by atoms with van der Waals surface area (Å²) in [6.07, 6.45) is 7.44. The van der Waals surface area contributed by atoms with E-state index in [9.17, 15) is 0 Å². The van der Waals surface area contributed by atoms with E-state index in [1.165, 1.54) is 25.7 Å². The number of nitrogens with zero attached hydrogens (tertiary/aromatic N) is 4. The minimum atomic E-state index is 0.549. The molecular formula is C15H23N5S. The van der Waals surface area contributed by atoms with Gasteiger partial charge in [-0.3, -0.25) is 4.99 Å². The van der Waals surface area contributed by atoms with E-state index in [1.54, 1.807) is 11.3 Å². The van der Waals surface area contributed by atoms with Crippen molar-refractivity contribution in [1.29, 1.82) is 0 Å². The molecule has 0 radical (unpaired) electrons. The molecule has 4 rings (SSSR count). The predicted molar refractivity (Wildman–Crippen MR) is 86.8 cm³/mol. The van der Waals surface area contributed by atoms with E-state index in [2.05, 4.69) is 14.8 Å². The molecule has 6 heteroatoms. The van der Waals surface area contributed by atoms with Crippen LogP contribution in [0.15, 0.2) is 16.6 Å². The Morgan fingerprint density at radius 2 is 2.10 bits per heavy atom. The van der Waals surface area contributed by atoms with Crippen LogP contribution in [0.2, 0.25) is 0 Å². The zero-order chi connectivity index (χ0) is 14.3. The summed E-state index contributed by atoms with van der Waals surface area (Å²) in [5.74, 6) is 1.71. The molecular weight excluding hydrogens is 282 g/mol. The first-order valence-electron chi connectivity index (χ1n) is 7.96. The minimum Gasteiger partial charge on any atom is -0.370 e. The van der Waals surface area contributed by atoms with E-state index < -0.39 is 0 Å². The molecule has 21 heavy (non-hydrogen) atoms. The summed E-state index contributed by atoms with van der Waals surface area (Å²) < 4.78 is 0. The molecule has 2 saturated carbocycles. The molecule has 2 N–H and O–H groups in total. The van der Waals surface area contributed by atoms with E-state index in [0.29, 0.717) is 5.41 Å². The SMILES string of the molecule is NC(=NCC1(C2CC2)CC1)N1CCN(c2nccs2)CC1. The smallest absolute Gasteiger partial charge is 0.191 e. The summed E-state index contributed by atoms with van der Waals surface area (Å²) in [6, 6.07) is 0. The molecule has 0 bridgehead atoms. The van der Waals surface area contributed by atoms with Crippen LogP contribution in [0.1, 0.15) is 25.7 Å². The Labute approximate surface area is 129 Å². The first kappa shape index (κ1) is 13.4. The quantitative estimate of drug-likeness (QED) is 0.680. The number of aliphatic imine (C=N–C) groups is 1. The second-order valence-corrected chi connectivity index (χ2v) is 7.47. The van der Waals surface area contributed by atoms with Crippen LogP contribution < -0.4 is 10.6 Å². The van der Waals surface area contributed by atoms with Crippen molar-refractivity contribution >= 4 is 22.4 Å². The molecule has 1 aliphatic heterocycles. The van der Waals surface area contributed by atoms with Gasteiger partial charge in [0.2, 0.25) is 0 Å². The third kappa shape index (κ3) is 2.73. The van der Waals surface area contributed by atoms with Crippen LogP contribution >= 0.6 is 11.3 Å². The first-order chi connectivity index (χ1) is 10.3. The summed E-state index contributed by atoms with van der Waals surface area (Å²) in [5.41, 5.74) is 6.76. The number of hydrogen-bond acceptors (Lipinski definition) is 4. The molecule has 1 saturated heterocycles. The molecule has 114 valence electrons. The molecule has 2 aliphatic carbocycles. The van der Waals surface area contributed by atoms with Crippen molar-refractivity contribution in [2.75, 3.05) is 37.6 Å². The molecule has 0 spiro atoms. The normalized spacial score (nSPS) is 25.2. The lowest BCUT2D eigenvalue weighted by Gasteiger charge is -2.35. The average Bonchev–Trinajstić information content (AvgIpc) is 3.43. The number of rotatable bonds is 4. The highest BCUT2D eigenvalue weighted by atomic mass is 32.1. The minimum absolute atomic E-state index is 0.549. The second-order valence-electron chi connectivity index (χ2n) is 6.60. The fraction of sp³-hybridized carbons (Fsp3) is 0.733. The number of piperazine rings is 1. The van der Waals surface area contributed by atoms with Gasteiger partial charge in [0.15, 0.2) is 11.1 Å². The zero-order valence-electron chi connectivity index (χ0n) is 12.4. The third-order valence-corrected chi connectivity index (χ3v) is 6.02. The first-order valence-corrected chi connectivity index (χ1v) is 8.84. The van der Waals surface area contributed by atoms with Crippen LogP contribution in [0.3, 0.4) is 0 Å². The van der Waals surface area contributed by atoms with Crippen molar-refractivity contribution in [3.63, 3.8) is 0 Å². The molecule has 0 aromatic carbocycles. The number of guanidine groups is 1. The fourth-order valence-electron chi connectivity index (χ4n) is 3.39. The van der Waals surface area contributed by atoms with Gasteiger partial charge in [-0.15, -0.1) is 11.3 Å². The maximum atomic E-state index is 6.21. The predicted octanol–water partition coefficient (Wildman–Crippen LogP) is 1.77. The third-order valence-electron chi connectivity index (χ3n) is 5.19. The van der Waals surface area contributed by atoms with Crippen LogP contribution in [-0.4, -0.2) is 48.6 Å². The summed E-state index contributed by atoms with van der Waals surface area (Å²) in [6.45, 7) is 4.82. The average molecular weight is 305 g/mol. The van der Waals surface area contributed by atoms with Crippen molar-refractivity contribution < 1.29 is 0 Å². The number of nitrogens with two attached hydrogens (primary N) is 1. The van der Waals surface area contributed by atoms with E-state index >= 15 is 0 Å². The van der Waals surface area contributed by atoms with Crippen molar-refractivity contribution in [2.45, 2.75) is 25.7 Å². The lowest BCUT2D eigenvalue weighted by atomic mass is 10.0. The fourth-order valence-corrected chi connectivity index (χ4v) is 4.09. The van der Waals surface area contributed by atoms with E-state index in [-0.39, 0.29) is 0 Å². The number of hydrogen-bond donors (Lipinski definition) is 1. The Kier molecular flexibility index (Phi) is 3.28. The van der Waals surface area contributed by atoms with Gasteiger partial charge in [-0.05, 0) is 37.0 Å². The zero-order valence-corrected chi connectivity index (χ0v) is 13.2. The summed E-state index contributed by atoms with van der Waals surface area (Å²) in [7, 11) is 0. The van der Waals surface area contributed by atoms with Gasteiger partial charge >= 0.3 is 0 Å². The van der Waals surface area contributed by atoms with Crippen LogP contribution in [0.25, 0.3) is 0 Å². The van der Waals surface area contributed by atoms with Crippen molar-refractivity contribution in [2.24, 2.45) is 22.1 Å². The van der Waals surface area contributed by atoms with Crippen molar-refractivity contribution in [1.82, 2.24) is 9.88 Å². The Hall–Kier alpha value is -1.30. The molecule has 5 nitrogen and oxygen atoms in total. The lowest BCUT2D eigenvalue weighted by molar-refractivity contribution is 0.376.